The Morgan fingerprint density at radius 1 is 1.22 bits per heavy atom. The number of rotatable bonds is 6. The molecule has 0 saturated carbocycles. The minimum atomic E-state index is -0.670. The van der Waals surface area contributed by atoms with Crippen LogP contribution in [0.4, 0.5) is 5.69 Å². The first-order valence-corrected chi connectivity index (χ1v) is 8.43. The molecule has 0 spiro atoms. The largest absolute Gasteiger partial charge is 0.451 e. The molecular formula is C20H18N4O3. The zero-order valence-corrected chi connectivity index (χ0v) is 14.8. The Kier molecular flexibility index (Phi) is 5.47. The van der Waals surface area contributed by atoms with Crippen LogP contribution in [0, 0.1) is 18.3 Å². The highest BCUT2D eigenvalue weighted by molar-refractivity contribution is 5.96. The molecule has 0 atom stereocenters. The van der Waals surface area contributed by atoms with E-state index in [0.717, 1.165) is 5.56 Å². The Balaban J connectivity index is 1.68. The van der Waals surface area contributed by atoms with Gasteiger partial charge in [-0.25, -0.2) is 9.78 Å². The van der Waals surface area contributed by atoms with E-state index < -0.39 is 18.5 Å². The fourth-order valence-electron chi connectivity index (χ4n) is 2.60. The van der Waals surface area contributed by atoms with E-state index in [1.807, 2.05) is 37.3 Å². The van der Waals surface area contributed by atoms with Crippen LogP contribution in [0.25, 0.3) is 5.65 Å². The average molecular weight is 362 g/mol. The lowest BCUT2D eigenvalue weighted by Crippen LogP contribution is -2.35. The lowest BCUT2D eigenvalue weighted by atomic mass is 10.2. The molecular weight excluding hydrogens is 344 g/mol. The summed E-state index contributed by atoms with van der Waals surface area (Å²) in [6, 6.07) is 14.8. The van der Waals surface area contributed by atoms with E-state index >= 15 is 0 Å². The predicted molar refractivity (Wildman–Crippen MR) is 99.2 cm³/mol. The number of esters is 1. The number of nitriles is 1. The molecule has 0 aliphatic heterocycles. The summed E-state index contributed by atoms with van der Waals surface area (Å²) in [5.41, 5.74) is 2.47. The van der Waals surface area contributed by atoms with Crippen molar-refractivity contribution in [1.29, 1.82) is 5.26 Å². The number of hydrogen-bond acceptors (Lipinski definition) is 5. The molecule has 0 fully saturated rings. The number of carbonyl (C=O) groups is 2. The van der Waals surface area contributed by atoms with Gasteiger partial charge in [0.2, 0.25) is 0 Å². The minimum Gasteiger partial charge on any atom is -0.451 e. The number of carbonyl (C=O) groups excluding carboxylic acids is 2. The molecule has 2 heterocycles. The van der Waals surface area contributed by atoms with Crippen LogP contribution >= 0.6 is 0 Å². The van der Waals surface area contributed by atoms with Crippen LogP contribution in [0.2, 0.25) is 0 Å². The third-order valence-electron chi connectivity index (χ3n) is 3.99. The first-order valence-electron chi connectivity index (χ1n) is 8.43. The normalized spacial score (nSPS) is 10.4. The Morgan fingerprint density at radius 2 is 2.00 bits per heavy atom. The maximum absolute atomic E-state index is 12.6. The smallest absolute Gasteiger partial charge is 0.359 e. The van der Waals surface area contributed by atoms with Crippen molar-refractivity contribution in [3.63, 3.8) is 0 Å². The number of anilines is 1. The maximum atomic E-state index is 12.6. The molecule has 7 heteroatoms. The Morgan fingerprint density at radius 3 is 2.70 bits per heavy atom. The molecule has 0 unspecified atom stereocenters. The van der Waals surface area contributed by atoms with Gasteiger partial charge in [0, 0.05) is 24.6 Å². The highest BCUT2D eigenvalue weighted by Gasteiger charge is 2.19. The number of fused-ring (bicyclic) bond motifs is 1. The Hall–Kier alpha value is -3.66. The van der Waals surface area contributed by atoms with Gasteiger partial charge in [-0.05, 0) is 31.2 Å². The van der Waals surface area contributed by atoms with E-state index in [0.29, 0.717) is 11.3 Å². The molecule has 0 N–H and O–H groups in total. The van der Waals surface area contributed by atoms with Gasteiger partial charge in [-0.3, -0.25) is 4.79 Å². The summed E-state index contributed by atoms with van der Waals surface area (Å²) in [6.45, 7) is 1.75. The molecule has 3 rings (SSSR count). The van der Waals surface area contributed by atoms with Crippen molar-refractivity contribution in [2.24, 2.45) is 0 Å². The topological polar surface area (TPSA) is 87.7 Å². The van der Waals surface area contributed by atoms with Gasteiger partial charge in [0.05, 0.1) is 12.5 Å². The highest BCUT2D eigenvalue weighted by Crippen LogP contribution is 2.16. The fourth-order valence-corrected chi connectivity index (χ4v) is 2.60. The van der Waals surface area contributed by atoms with Crippen LogP contribution in [-0.2, 0) is 9.53 Å². The van der Waals surface area contributed by atoms with Crippen LogP contribution in [-0.4, -0.2) is 34.4 Å². The molecule has 0 saturated heterocycles. The standard InChI is InChI=1S/C20H18N4O3/c1-15-6-8-16(9-7-15)24(12-4-10-21)19(25)14-27-20(26)17-13-23-11-3-2-5-18(23)22-17/h2-3,5-9,11,13H,4,12,14H2,1H3. The number of hydrogen-bond donors (Lipinski definition) is 0. The quantitative estimate of drug-likeness (QED) is 0.629. The first kappa shape index (κ1) is 18.1. The van der Waals surface area contributed by atoms with Crippen molar-refractivity contribution >= 4 is 23.2 Å². The summed E-state index contributed by atoms with van der Waals surface area (Å²) in [4.78, 5) is 30.4. The van der Waals surface area contributed by atoms with Crippen molar-refractivity contribution in [2.45, 2.75) is 13.3 Å². The van der Waals surface area contributed by atoms with Gasteiger partial charge in [0.1, 0.15) is 5.65 Å². The third-order valence-corrected chi connectivity index (χ3v) is 3.99. The molecule has 0 bridgehead atoms. The SMILES string of the molecule is Cc1ccc(N(CCC#N)C(=O)COC(=O)c2cn3ccccc3n2)cc1. The van der Waals surface area contributed by atoms with Gasteiger partial charge in [0.25, 0.3) is 5.91 Å². The number of aryl methyl sites for hydroxylation is 1. The van der Waals surface area contributed by atoms with Gasteiger partial charge in [0.15, 0.2) is 12.3 Å². The molecule has 1 aromatic carbocycles. The second kappa shape index (κ2) is 8.15. The minimum absolute atomic E-state index is 0.132. The van der Waals surface area contributed by atoms with E-state index in [9.17, 15) is 9.59 Å². The summed E-state index contributed by atoms with van der Waals surface area (Å²) in [7, 11) is 0. The zero-order valence-electron chi connectivity index (χ0n) is 14.8. The van der Waals surface area contributed by atoms with Crippen molar-refractivity contribution in [2.75, 3.05) is 18.1 Å². The van der Waals surface area contributed by atoms with Gasteiger partial charge in [-0.2, -0.15) is 5.26 Å². The monoisotopic (exact) mass is 362 g/mol. The van der Waals surface area contributed by atoms with Gasteiger partial charge >= 0.3 is 5.97 Å². The van der Waals surface area contributed by atoms with Gasteiger partial charge < -0.3 is 14.0 Å². The Bertz CT molecular complexity index is 969. The number of imidazole rings is 1. The van der Waals surface area contributed by atoms with Gasteiger partial charge in [-0.15, -0.1) is 0 Å². The summed E-state index contributed by atoms with van der Waals surface area (Å²) in [5, 5.41) is 8.84. The second-order valence-electron chi connectivity index (χ2n) is 5.96. The van der Waals surface area contributed by atoms with Crippen LogP contribution in [0.1, 0.15) is 22.5 Å². The molecule has 3 aromatic rings. The van der Waals surface area contributed by atoms with Gasteiger partial charge in [-0.1, -0.05) is 23.8 Å². The van der Waals surface area contributed by atoms with Crippen LogP contribution in [0.5, 0.6) is 0 Å². The van der Waals surface area contributed by atoms with Crippen molar-refractivity contribution in [1.82, 2.24) is 9.38 Å². The molecule has 7 nitrogen and oxygen atoms in total. The summed E-state index contributed by atoms with van der Waals surface area (Å²) in [6.07, 6.45) is 3.50. The molecule has 0 radical (unpaired) electrons. The number of amides is 1. The third kappa shape index (κ3) is 4.30. The summed E-state index contributed by atoms with van der Waals surface area (Å²) in [5.74, 6) is -1.07. The fraction of sp³-hybridized carbons (Fsp3) is 0.200. The predicted octanol–water partition coefficient (Wildman–Crippen LogP) is 2.75. The Labute approximate surface area is 156 Å². The molecule has 2 aromatic heterocycles. The number of nitrogens with zero attached hydrogens (tertiary/aromatic N) is 4. The van der Waals surface area contributed by atoms with Crippen molar-refractivity contribution in [3.05, 3.63) is 66.1 Å². The van der Waals surface area contributed by atoms with E-state index in [1.165, 1.54) is 4.90 Å². The lowest BCUT2D eigenvalue weighted by Gasteiger charge is -2.21. The van der Waals surface area contributed by atoms with Crippen LogP contribution in [0.15, 0.2) is 54.9 Å². The summed E-state index contributed by atoms with van der Waals surface area (Å²) < 4.78 is 6.84. The van der Waals surface area contributed by atoms with Crippen LogP contribution in [0.3, 0.4) is 0 Å². The van der Waals surface area contributed by atoms with E-state index in [4.69, 9.17) is 10.00 Å². The van der Waals surface area contributed by atoms with Crippen LogP contribution < -0.4 is 4.90 Å². The molecule has 27 heavy (non-hydrogen) atoms. The lowest BCUT2D eigenvalue weighted by molar-refractivity contribution is -0.121. The molecule has 0 aliphatic carbocycles. The number of benzene rings is 1. The van der Waals surface area contributed by atoms with Crippen molar-refractivity contribution in [3.8, 4) is 6.07 Å². The number of pyridine rings is 1. The first-order chi connectivity index (χ1) is 13.1. The summed E-state index contributed by atoms with van der Waals surface area (Å²) >= 11 is 0. The molecule has 136 valence electrons. The van der Waals surface area contributed by atoms with Crippen molar-refractivity contribution < 1.29 is 14.3 Å². The number of ether oxygens (including phenoxy) is 1. The van der Waals surface area contributed by atoms with E-state index in [2.05, 4.69) is 4.98 Å². The van der Waals surface area contributed by atoms with E-state index in [-0.39, 0.29) is 18.7 Å². The van der Waals surface area contributed by atoms with E-state index in [1.54, 1.807) is 35.0 Å². The maximum Gasteiger partial charge on any atom is 0.359 e. The number of aromatic nitrogens is 2. The molecule has 0 aliphatic rings. The molecule has 1 amide bonds. The average Bonchev–Trinajstić information content (AvgIpc) is 3.12. The zero-order chi connectivity index (χ0) is 19.2. The second-order valence-corrected chi connectivity index (χ2v) is 5.96. The highest BCUT2D eigenvalue weighted by atomic mass is 16.5.